The normalized spacial score (nSPS) is 14.5. The zero-order valence-corrected chi connectivity index (χ0v) is 9.38. The van der Waals surface area contributed by atoms with Gasteiger partial charge < -0.3 is 5.11 Å². The van der Waals surface area contributed by atoms with E-state index >= 15 is 0 Å². The van der Waals surface area contributed by atoms with E-state index in [2.05, 4.69) is 6.92 Å². The first kappa shape index (κ1) is 11.1. The molecule has 0 heterocycles. The van der Waals surface area contributed by atoms with Crippen LogP contribution in [0.4, 0.5) is 0 Å². The van der Waals surface area contributed by atoms with Gasteiger partial charge in [-0.25, -0.2) is 0 Å². The van der Waals surface area contributed by atoms with Crippen LogP contribution in [0.25, 0.3) is 0 Å². The molecule has 0 atom stereocenters. The van der Waals surface area contributed by atoms with Gasteiger partial charge in [0.1, 0.15) is 5.75 Å². The molecule has 1 aliphatic carbocycles. The fraction of sp³-hybridized carbons (Fsp3) is 0.538. The van der Waals surface area contributed by atoms with Crippen LogP contribution < -0.4 is 0 Å². The minimum atomic E-state index is 0.410. The Bertz CT molecular complexity index is 287. The number of aromatic hydroxyl groups is 1. The van der Waals surface area contributed by atoms with Crippen LogP contribution >= 0.6 is 0 Å². The van der Waals surface area contributed by atoms with Crippen molar-refractivity contribution in [3.05, 3.63) is 29.3 Å². The number of hydrogen-bond acceptors (Lipinski definition) is 1. The van der Waals surface area contributed by atoms with E-state index in [4.69, 9.17) is 0 Å². The van der Waals surface area contributed by atoms with Crippen molar-refractivity contribution < 1.29 is 5.11 Å². The van der Waals surface area contributed by atoms with Gasteiger partial charge in [-0.1, -0.05) is 44.4 Å². The SMILES string of the molecule is CC1CC1.CCc1cc(C)ccc1O. The number of phenols is 1. The summed E-state index contributed by atoms with van der Waals surface area (Å²) in [7, 11) is 0. The first-order valence-electron chi connectivity index (χ1n) is 5.42. The summed E-state index contributed by atoms with van der Waals surface area (Å²) in [5, 5.41) is 9.23. The van der Waals surface area contributed by atoms with Gasteiger partial charge in [-0.15, -0.1) is 0 Å². The lowest BCUT2D eigenvalue weighted by Gasteiger charge is -2.00. The molecule has 1 aliphatic rings. The Kier molecular flexibility index (Phi) is 3.99. The van der Waals surface area contributed by atoms with Crippen LogP contribution in [0, 0.1) is 12.8 Å². The molecule has 1 heteroatoms. The number of rotatable bonds is 1. The Hall–Kier alpha value is -0.980. The van der Waals surface area contributed by atoms with Gasteiger partial charge in [-0.2, -0.15) is 0 Å². The lowest BCUT2D eigenvalue weighted by Crippen LogP contribution is -1.81. The van der Waals surface area contributed by atoms with Gasteiger partial charge in [0.05, 0.1) is 0 Å². The molecule has 1 N–H and O–H groups in total. The van der Waals surface area contributed by atoms with Crippen molar-refractivity contribution in [3.63, 3.8) is 0 Å². The van der Waals surface area contributed by atoms with Crippen LogP contribution in [0.1, 0.15) is 37.8 Å². The molecule has 78 valence electrons. The summed E-state index contributed by atoms with van der Waals surface area (Å²) in [6.45, 7) is 6.34. The first-order valence-corrected chi connectivity index (χ1v) is 5.42. The van der Waals surface area contributed by atoms with Crippen LogP contribution in [0.5, 0.6) is 5.75 Å². The second-order valence-corrected chi connectivity index (χ2v) is 4.17. The van der Waals surface area contributed by atoms with Crippen LogP contribution in [0.3, 0.4) is 0 Å². The van der Waals surface area contributed by atoms with Crippen molar-refractivity contribution in [2.75, 3.05) is 0 Å². The maximum Gasteiger partial charge on any atom is 0.118 e. The second kappa shape index (κ2) is 5.04. The summed E-state index contributed by atoms with van der Waals surface area (Å²) in [5.74, 6) is 1.49. The molecule has 14 heavy (non-hydrogen) atoms. The van der Waals surface area contributed by atoms with Crippen molar-refractivity contribution in [1.29, 1.82) is 0 Å². The Labute approximate surface area is 86.8 Å². The van der Waals surface area contributed by atoms with Gasteiger partial charge in [0.25, 0.3) is 0 Å². The third-order valence-electron chi connectivity index (χ3n) is 2.48. The molecule has 2 rings (SSSR count). The third kappa shape index (κ3) is 3.82. The van der Waals surface area contributed by atoms with Crippen LogP contribution in [0.15, 0.2) is 18.2 Å². The smallest absolute Gasteiger partial charge is 0.118 e. The Morgan fingerprint density at radius 2 is 1.93 bits per heavy atom. The highest BCUT2D eigenvalue weighted by atomic mass is 16.3. The molecule has 0 bridgehead atoms. The molecular formula is C13H20O. The maximum absolute atomic E-state index is 9.23. The van der Waals surface area contributed by atoms with Crippen molar-refractivity contribution in [1.82, 2.24) is 0 Å². The summed E-state index contributed by atoms with van der Waals surface area (Å²) < 4.78 is 0. The Morgan fingerprint density at radius 3 is 2.29 bits per heavy atom. The number of benzene rings is 1. The monoisotopic (exact) mass is 192 g/mol. The molecule has 0 spiro atoms. The molecule has 1 aromatic carbocycles. The van der Waals surface area contributed by atoms with Crippen LogP contribution in [0.2, 0.25) is 0 Å². The molecule has 0 radical (unpaired) electrons. The van der Waals surface area contributed by atoms with E-state index in [0.717, 1.165) is 17.9 Å². The zero-order valence-electron chi connectivity index (χ0n) is 9.38. The van der Waals surface area contributed by atoms with Gasteiger partial charge in [-0.05, 0) is 30.9 Å². The number of aryl methyl sites for hydroxylation is 2. The van der Waals surface area contributed by atoms with Crippen molar-refractivity contribution in [2.24, 2.45) is 5.92 Å². The molecule has 0 aliphatic heterocycles. The van der Waals surface area contributed by atoms with Gasteiger partial charge in [0.15, 0.2) is 0 Å². The molecule has 0 amide bonds. The zero-order chi connectivity index (χ0) is 10.6. The number of hydrogen-bond donors (Lipinski definition) is 1. The molecule has 1 fully saturated rings. The lowest BCUT2D eigenvalue weighted by atomic mass is 10.1. The Balaban J connectivity index is 0.000000203. The standard InChI is InChI=1S/C9H12O.C4H8/c1-3-8-6-7(2)4-5-9(8)10;1-4-2-3-4/h4-6,10H,3H2,1-2H3;4H,2-3H2,1H3. The summed E-state index contributed by atoms with van der Waals surface area (Å²) in [6.07, 6.45) is 3.87. The second-order valence-electron chi connectivity index (χ2n) is 4.17. The highest BCUT2D eigenvalue weighted by Gasteiger charge is 2.12. The van der Waals surface area contributed by atoms with E-state index in [1.165, 1.54) is 18.4 Å². The lowest BCUT2D eigenvalue weighted by molar-refractivity contribution is 0.468. The van der Waals surface area contributed by atoms with E-state index in [1.807, 2.05) is 26.0 Å². The summed E-state index contributed by atoms with van der Waals surface area (Å²) >= 11 is 0. The summed E-state index contributed by atoms with van der Waals surface area (Å²) in [4.78, 5) is 0. The average molecular weight is 192 g/mol. The molecule has 1 nitrogen and oxygen atoms in total. The van der Waals surface area contributed by atoms with E-state index in [9.17, 15) is 5.11 Å². The van der Waals surface area contributed by atoms with Gasteiger partial charge >= 0.3 is 0 Å². The minimum absolute atomic E-state index is 0.410. The fourth-order valence-electron chi connectivity index (χ4n) is 1.16. The molecule has 0 saturated heterocycles. The Morgan fingerprint density at radius 1 is 1.36 bits per heavy atom. The molecule has 0 unspecified atom stereocenters. The maximum atomic E-state index is 9.23. The predicted octanol–water partition coefficient (Wildman–Crippen LogP) is 3.68. The van der Waals surface area contributed by atoms with Gasteiger partial charge in [-0.3, -0.25) is 0 Å². The average Bonchev–Trinajstić information content (AvgIpc) is 2.93. The molecule has 1 aromatic rings. The van der Waals surface area contributed by atoms with E-state index < -0.39 is 0 Å². The van der Waals surface area contributed by atoms with Crippen LogP contribution in [-0.4, -0.2) is 5.11 Å². The number of phenolic OH excluding ortho intramolecular Hbond substituents is 1. The largest absolute Gasteiger partial charge is 0.508 e. The summed E-state index contributed by atoms with van der Waals surface area (Å²) in [6, 6.07) is 5.66. The fourth-order valence-corrected chi connectivity index (χ4v) is 1.16. The molecule has 0 aromatic heterocycles. The summed E-state index contributed by atoms with van der Waals surface area (Å²) in [5.41, 5.74) is 2.23. The van der Waals surface area contributed by atoms with Crippen LogP contribution in [-0.2, 0) is 6.42 Å². The highest BCUT2D eigenvalue weighted by molar-refractivity contribution is 5.35. The van der Waals surface area contributed by atoms with Gasteiger partial charge in [0.2, 0.25) is 0 Å². The topological polar surface area (TPSA) is 20.2 Å². The minimum Gasteiger partial charge on any atom is -0.508 e. The van der Waals surface area contributed by atoms with Gasteiger partial charge in [0, 0.05) is 0 Å². The van der Waals surface area contributed by atoms with Crippen molar-refractivity contribution >= 4 is 0 Å². The predicted molar refractivity (Wildman–Crippen MR) is 60.6 cm³/mol. The van der Waals surface area contributed by atoms with E-state index in [0.29, 0.717) is 5.75 Å². The van der Waals surface area contributed by atoms with Crippen molar-refractivity contribution in [3.8, 4) is 5.75 Å². The van der Waals surface area contributed by atoms with Crippen molar-refractivity contribution in [2.45, 2.75) is 40.0 Å². The quantitative estimate of drug-likeness (QED) is 0.719. The van der Waals surface area contributed by atoms with E-state index in [-0.39, 0.29) is 0 Å². The molecule has 1 saturated carbocycles. The molecular weight excluding hydrogens is 172 g/mol. The first-order chi connectivity index (χ1) is 6.63. The third-order valence-corrected chi connectivity index (χ3v) is 2.48. The highest BCUT2D eigenvalue weighted by Crippen LogP contribution is 2.26. The van der Waals surface area contributed by atoms with E-state index in [1.54, 1.807) is 6.07 Å².